The molecule has 1 aromatic rings. The van der Waals surface area contributed by atoms with E-state index >= 15 is 0 Å². The van der Waals surface area contributed by atoms with Gasteiger partial charge in [0, 0.05) is 31.3 Å². The molecular formula is C15H26N2O3. The summed E-state index contributed by atoms with van der Waals surface area (Å²) in [5.41, 5.74) is 7.00. The number of nitrogens with two attached hydrogens (primary N) is 1. The van der Waals surface area contributed by atoms with Gasteiger partial charge in [-0.1, -0.05) is 6.07 Å². The van der Waals surface area contributed by atoms with E-state index < -0.39 is 0 Å². The second kappa shape index (κ2) is 8.79. The highest BCUT2D eigenvalue weighted by Gasteiger charge is 2.19. The van der Waals surface area contributed by atoms with Crippen molar-refractivity contribution in [2.24, 2.45) is 5.73 Å². The summed E-state index contributed by atoms with van der Waals surface area (Å²) in [4.78, 5) is 2.18. The summed E-state index contributed by atoms with van der Waals surface area (Å²) < 4.78 is 16.1. The maximum absolute atomic E-state index is 5.93. The van der Waals surface area contributed by atoms with Crippen molar-refractivity contribution in [3.05, 3.63) is 23.8 Å². The van der Waals surface area contributed by atoms with Crippen LogP contribution < -0.4 is 15.2 Å². The number of hydrogen-bond acceptors (Lipinski definition) is 5. The van der Waals surface area contributed by atoms with Gasteiger partial charge in [0.25, 0.3) is 0 Å². The van der Waals surface area contributed by atoms with Crippen LogP contribution in [0.15, 0.2) is 18.2 Å². The van der Waals surface area contributed by atoms with Crippen molar-refractivity contribution in [1.82, 2.24) is 4.90 Å². The van der Waals surface area contributed by atoms with Gasteiger partial charge in [-0.05, 0) is 20.0 Å². The van der Waals surface area contributed by atoms with Crippen molar-refractivity contribution < 1.29 is 14.2 Å². The SMILES string of the molecule is CCOCCN(C)C(CN)c1ccc(OC)cc1OC. The van der Waals surface area contributed by atoms with Gasteiger partial charge in [-0.25, -0.2) is 0 Å². The third kappa shape index (κ3) is 4.37. The van der Waals surface area contributed by atoms with Crippen LogP contribution in [-0.2, 0) is 4.74 Å². The molecule has 0 saturated heterocycles. The van der Waals surface area contributed by atoms with Crippen LogP contribution in [0.1, 0.15) is 18.5 Å². The van der Waals surface area contributed by atoms with Gasteiger partial charge in [0.1, 0.15) is 11.5 Å². The molecule has 1 aromatic carbocycles. The minimum absolute atomic E-state index is 0.0938. The molecule has 0 aliphatic rings. The Balaban J connectivity index is 2.87. The fraction of sp³-hybridized carbons (Fsp3) is 0.600. The Hall–Kier alpha value is -1.30. The minimum Gasteiger partial charge on any atom is -0.497 e. The number of hydrogen-bond donors (Lipinski definition) is 1. The van der Waals surface area contributed by atoms with E-state index in [1.54, 1.807) is 14.2 Å². The minimum atomic E-state index is 0.0938. The topological polar surface area (TPSA) is 57.0 Å². The second-order valence-electron chi connectivity index (χ2n) is 4.54. The number of ether oxygens (including phenoxy) is 3. The highest BCUT2D eigenvalue weighted by atomic mass is 16.5. The Labute approximate surface area is 121 Å². The molecular weight excluding hydrogens is 256 g/mol. The molecule has 0 heterocycles. The standard InChI is InChI=1S/C15H26N2O3/c1-5-20-9-8-17(2)14(11-16)13-7-6-12(18-3)10-15(13)19-4/h6-7,10,14H,5,8-9,11,16H2,1-4H3. The first-order valence-electron chi connectivity index (χ1n) is 6.87. The number of benzene rings is 1. The van der Waals surface area contributed by atoms with Gasteiger partial charge in [-0.3, -0.25) is 4.90 Å². The van der Waals surface area contributed by atoms with Crippen LogP contribution in [0.4, 0.5) is 0 Å². The van der Waals surface area contributed by atoms with Crippen LogP contribution in [0, 0.1) is 0 Å². The molecule has 1 atom stereocenters. The second-order valence-corrected chi connectivity index (χ2v) is 4.54. The molecule has 5 heteroatoms. The first-order chi connectivity index (χ1) is 9.67. The van der Waals surface area contributed by atoms with Gasteiger partial charge in [0.15, 0.2) is 0 Å². The Morgan fingerprint density at radius 3 is 2.55 bits per heavy atom. The van der Waals surface area contributed by atoms with E-state index in [0.717, 1.165) is 30.2 Å². The smallest absolute Gasteiger partial charge is 0.127 e. The maximum Gasteiger partial charge on any atom is 0.127 e. The van der Waals surface area contributed by atoms with E-state index in [2.05, 4.69) is 4.90 Å². The highest BCUT2D eigenvalue weighted by Crippen LogP contribution is 2.31. The molecule has 2 N–H and O–H groups in total. The Kier molecular flexibility index (Phi) is 7.36. The summed E-state index contributed by atoms with van der Waals surface area (Å²) in [5.74, 6) is 1.57. The van der Waals surface area contributed by atoms with Crippen molar-refractivity contribution in [3.63, 3.8) is 0 Å². The number of rotatable bonds is 9. The molecule has 0 aliphatic carbocycles. The fourth-order valence-corrected chi connectivity index (χ4v) is 2.15. The molecule has 0 amide bonds. The molecule has 5 nitrogen and oxygen atoms in total. The Morgan fingerprint density at radius 2 is 2.00 bits per heavy atom. The lowest BCUT2D eigenvalue weighted by atomic mass is 10.0. The van der Waals surface area contributed by atoms with Gasteiger partial charge in [0.05, 0.1) is 26.9 Å². The summed E-state index contributed by atoms with van der Waals surface area (Å²) in [5, 5.41) is 0. The molecule has 0 aliphatic heterocycles. The molecule has 0 aromatic heterocycles. The number of likely N-dealkylation sites (N-methyl/N-ethyl adjacent to an activating group) is 1. The summed E-state index contributed by atoms with van der Waals surface area (Å²) in [6, 6.07) is 5.91. The van der Waals surface area contributed by atoms with Crippen molar-refractivity contribution in [2.45, 2.75) is 13.0 Å². The zero-order chi connectivity index (χ0) is 15.0. The first-order valence-corrected chi connectivity index (χ1v) is 6.87. The number of nitrogens with zero attached hydrogens (tertiary/aromatic N) is 1. The summed E-state index contributed by atoms with van der Waals surface area (Å²) in [7, 11) is 5.34. The van der Waals surface area contributed by atoms with Crippen molar-refractivity contribution in [1.29, 1.82) is 0 Å². The van der Waals surface area contributed by atoms with Gasteiger partial charge in [-0.2, -0.15) is 0 Å². The van der Waals surface area contributed by atoms with Crippen molar-refractivity contribution in [3.8, 4) is 11.5 Å². The van der Waals surface area contributed by atoms with E-state index in [-0.39, 0.29) is 6.04 Å². The average Bonchev–Trinajstić information content (AvgIpc) is 2.48. The van der Waals surface area contributed by atoms with Crippen LogP contribution >= 0.6 is 0 Å². The Morgan fingerprint density at radius 1 is 1.25 bits per heavy atom. The monoisotopic (exact) mass is 282 g/mol. The van der Waals surface area contributed by atoms with E-state index in [0.29, 0.717) is 13.2 Å². The first kappa shape index (κ1) is 16.8. The summed E-state index contributed by atoms with van der Waals surface area (Å²) >= 11 is 0. The maximum atomic E-state index is 5.93. The quantitative estimate of drug-likeness (QED) is 0.698. The van der Waals surface area contributed by atoms with E-state index in [1.807, 2.05) is 32.2 Å². The van der Waals surface area contributed by atoms with Crippen LogP contribution in [0.5, 0.6) is 11.5 Å². The predicted molar refractivity (Wildman–Crippen MR) is 80.5 cm³/mol. The fourth-order valence-electron chi connectivity index (χ4n) is 2.15. The van der Waals surface area contributed by atoms with E-state index in [9.17, 15) is 0 Å². The largest absolute Gasteiger partial charge is 0.497 e. The Bertz CT molecular complexity index is 399. The van der Waals surface area contributed by atoms with Crippen LogP contribution in [0.3, 0.4) is 0 Å². The molecule has 20 heavy (non-hydrogen) atoms. The van der Waals surface area contributed by atoms with Crippen LogP contribution in [0.25, 0.3) is 0 Å². The van der Waals surface area contributed by atoms with Crippen molar-refractivity contribution in [2.75, 3.05) is 47.6 Å². The summed E-state index contributed by atoms with van der Waals surface area (Å²) in [6.45, 7) is 4.76. The van der Waals surface area contributed by atoms with E-state index in [1.165, 1.54) is 0 Å². The number of methoxy groups -OCH3 is 2. The van der Waals surface area contributed by atoms with Gasteiger partial charge in [0.2, 0.25) is 0 Å². The molecule has 0 spiro atoms. The lowest BCUT2D eigenvalue weighted by Gasteiger charge is -2.28. The molecule has 0 bridgehead atoms. The van der Waals surface area contributed by atoms with Gasteiger partial charge < -0.3 is 19.9 Å². The molecule has 0 saturated carbocycles. The van der Waals surface area contributed by atoms with Gasteiger partial charge >= 0.3 is 0 Å². The molecule has 1 unspecified atom stereocenters. The molecule has 0 fully saturated rings. The predicted octanol–water partition coefficient (Wildman–Crippen LogP) is 1.67. The normalized spacial score (nSPS) is 12.5. The van der Waals surface area contributed by atoms with Crippen LogP contribution in [-0.4, -0.2) is 52.5 Å². The lowest BCUT2D eigenvalue weighted by Crippen LogP contribution is -2.33. The van der Waals surface area contributed by atoms with Gasteiger partial charge in [-0.15, -0.1) is 0 Å². The molecule has 114 valence electrons. The molecule has 0 radical (unpaired) electrons. The third-order valence-electron chi connectivity index (χ3n) is 3.35. The molecule has 1 rings (SSSR count). The van der Waals surface area contributed by atoms with Crippen LogP contribution in [0.2, 0.25) is 0 Å². The highest BCUT2D eigenvalue weighted by molar-refractivity contribution is 5.42. The van der Waals surface area contributed by atoms with E-state index in [4.69, 9.17) is 19.9 Å². The lowest BCUT2D eigenvalue weighted by molar-refractivity contribution is 0.108. The summed E-state index contributed by atoms with van der Waals surface area (Å²) in [6.07, 6.45) is 0. The average molecular weight is 282 g/mol. The third-order valence-corrected chi connectivity index (χ3v) is 3.35. The van der Waals surface area contributed by atoms with Crippen molar-refractivity contribution >= 4 is 0 Å². The zero-order valence-corrected chi connectivity index (χ0v) is 12.9. The zero-order valence-electron chi connectivity index (χ0n) is 12.9.